The molecule has 4 N–H and O–H groups in total. The van der Waals surface area contributed by atoms with Crippen LogP contribution in [0.25, 0.3) is 0 Å². The summed E-state index contributed by atoms with van der Waals surface area (Å²) < 4.78 is 0. The van der Waals surface area contributed by atoms with Crippen molar-refractivity contribution in [2.45, 2.75) is 79.1 Å². The van der Waals surface area contributed by atoms with E-state index in [2.05, 4.69) is 71.7 Å². The Morgan fingerprint density at radius 3 is 1.06 bits per heavy atom. The molecule has 0 saturated carbocycles. The second kappa shape index (κ2) is 24.6. The molecule has 0 aliphatic heterocycles. The number of unbranched alkanes of at least 4 members (excludes halogenated alkanes) is 4. The van der Waals surface area contributed by atoms with Crippen molar-refractivity contribution in [3.63, 3.8) is 0 Å². The highest BCUT2D eigenvalue weighted by Crippen LogP contribution is 2.18. The van der Waals surface area contributed by atoms with Gasteiger partial charge < -0.3 is 21.3 Å². The third-order valence-electron chi connectivity index (χ3n) is 7.29. The Morgan fingerprint density at radius 2 is 0.833 bits per heavy atom. The van der Waals surface area contributed by atoms with Gasteiger partial charge >= 0.3 is 0 Å². The minimum atomic E-state index is -0.171. The van der Waals surface area contributed by atoms with Crippen LogP contribution in [0, 0.1) is 45.3 Å². The molecule has 0 fully saturated rings. The average molecular weight is 647 g/mol. The highest BCUT2D eigenvalue weighted by atomic mass is 15.1. The SMILES string of the molecule is CCCCN(CCCC)c1ccc(C=N/C(C#N)=C(\N)C#N)cc1.CCCCN(CCCC)c1ccc(C=N/C(C#N)=C(\N)C#N)cc1. The molecule has 0 bridgehead atoms. The van der Waals surface area contributed by atoms with Crippen molar-refractivity contribution in [2.24, 2.45) is 21.5 Å². The minimum absolute atomic E-state index is 0.0610. The second-order valence-electron chi connectivity index (χ2n) is 11.1. The van der Waals surface area contributed by atoms with Crippen molar-refractivity contribution in [2.75, 3.05) is 36.0 Å². The Bertz CT molecular complexity index is 1390. The summed E-state index contributed by atoms with van der Waals surface area (Å²) in [5, 5.41) is 35.3. The average Bonchev–Trinajstić information content (AvgIpc) is 3.13. The standard InChI is InChI=1S/2C19H25N5/c2*1-3-5-11-24(12-6-4-2)17-9-7-16(8-10-17)15-23-19(14-21)18(22)13-20/h2*7-10,15H,3-6,11-12,22H2,1-2H3/b2*19-18-,23-15?. The van der Waals surface area contributed by atoms with E-state index in [9.17, 15) is 0 Å². The highest BCUT2D eigenvalue weighted by Gasteiger charge is 2.07. The quantitative estimate of drug-likeness (QED) is 0.124. The molecule has 0 aliphatic carbocycles. The van der Waals surface area contributed by atoms with E-state index < -0.39 is 0 Å². The number of hydrogen-bond donors (Lipinski definition) is 2. The lowest BCUT2D eigenvalue weighted by Crippen LogP contribution is -2.25. The number of nitriles is 4. The van der Waals surface area contributed by atoms with Crippen molar-refractivity contribution >= 4 is 23.8 Å². The van der Waals surface area contributed by atoms with Crippen LogP contribution in [0.2, 0.25) is 0 Å². The number of anilines is 2. The smallest absolute Gasteiger partial charge is 0.174 e. The van der Waals surface area contributed by atoms with Crippen molar-refractivity contribution in [3.8, 4) is 24.3 Å². The Balaban J connectivity index is 0.000000480. The fraction of sp³-hybridized carbons (Fsp3) is 0.421. The zero-order chi connectivity index (χ0) is 35.6. The van der Waals surface area contributed by atoms with E-state index in [1.54, 1.807) is 24.6 Å². The second-order valence-corrected chi connectivity index (χ2v) is 11.1. The molecule has 0 amide bonds. The number of allylic oxidation sites excluding steroid dienone is 4. The topological polar surface area (TPSA) is 178 Å². The van der Waals surface area contributed by atoms with E-state index >= 15 is 0 Å². The van der Waals surface area contributed by atoms with Crippen molar-refractivity contribution < 1.29 is 0 Å². The lowest BCUT2D eigenvalue weighted by Gasteiger charge is -2.24. The zero-order valence-electron chi connectivity index (χ0n) is 29.0. The summed E-state index contributed by atoms with van der Waals surface area (Å²) in [6.07, 6.45) is 12.5. The first-order valence-electron chi connectivity index (χ1n) is 16.7. The lowest BCUT2D eigenvalue weighted by atomic mass is 10.2. The predicted molar refractivity (Wildman–Crippen MR) is 197 cm³/mol. The van der Waals surface area contributed by atoms with Crippen LogP contribution in [0.4, 0.5) is 11.4 Å². The van der Waals surface area contributed by atoms with Gasteiger partial charge in [0.2, 0.25) is 0 Å². The molecule has 10 nitrogen and oxygen atoms in total. The van der Waals surface area contributed by atoms with Gasteiger partial charge in [-0.3, -0.25) is 0 Å². The normalized spacial score (nSPS) is 11.7. The van der Waals surface area contributed by atoms with Gasteiger partial charge in [-0.05, 0) is 61.1 Å². The number of hydrogen-bond acceptors (Lipinski definition) is 10. The lowest BCUT2D eigenvalue weighted by molar-refractivity contribution is 0.678. The van der Waals surface area contributed by atoms with Crippen molar-refractivity contribution in [1.29, 1.82) is 21.0 Å². The van der Waals surface area contributed by atoms with Gasteiger partial charge in [-0.2, -0.15) is 21.0 Å². The van der Waals surface area contributed by atoms with Crippen LogP contribution < -0.4 is 21.3 Å². The summed E-state index contributed by atoms with van der Waals surface area (Å²) in [7, 11) is 0. The van der Waals surface area contributed by atoms with E-state index in [1.807, 2.05) is 36.4 Å². The number of benzene rings is 2. The summed E-state index contributed by atoms with van der Waals surface area (Å²) in [5.41, 5.74) is 14.5. The fourth-order valence-electron chi connectivity index (χ4n) is 4.38. The Hall–Kier alpha value is -5.58. The van der Waals surface area contributed by atoms with Crippen LogP contribution in [-0.4, -0.2) is 38.6 Å². The minimum Gasteiger partial charge on any atom is -0.388 e. The van der Waals surface area contributed by atoms with Crippen LogP contribution in [0.1, 0.15) is 90.2 Å². The van der Waals surface area contributed by atoms with Gasteiger partial charge in [-0.1, -0.05) is 77.6 Å². The van der Waals surface area contributed by atoms with Gasteiger partial charge in [-0.25, -0.2) is 9.98 Å². The molecule has 252 valence electrons. The van der Waals surface area contributed by atoms with Crippen LogP contribution in [0.3, 0.4) is 0 Å². The van der Waals surface area contributed by atoms with E-state index in [1.165, 1.54) is 62.7 Å². The van der Waals surface area contributed by atoms with Crippen molar-refractivity contribution in [1.82, 2.24) is 0 Å². The van der Waals surface area contributed by atoms with E-state index in [-0.39, 0.29) is 22.8 Å². The van der Waals surface area contributed by atoms with E-state index in [4.69, 9.17) is 32.5 Å². The fourth-order valence-corrected chi connectivity index (χ4v) is 4.38. The van der Waals surface area contributed by atoms with Crippen LogP contribution in [0.5, 0.6) is 0 Å². The molecule has 2 rings (SSSR count). The maximum atomic E-state index is 8.93. The van der Waals surface area contributed by atoms with Gasteiger partial charge in [0.15, 0.2) is 11.4 Å². The summed E-state index contributed by atoms with van der Waals surface area (Å²) in [5.74, 6) is 0. The molecule has 0 atom stereocenters. The molecule has 48 heavy (non-hydrogen) atoms. The number of nitrogens with two attached hydrogens (primary N) is 2. The molecule has 0 aliphatic rings. The van der Waals surface area contributed by atoms with Crippen LogP contribution in [0.15, 0.2) is 81.3 Å². The van der Waals surface area contributed by atoms with Gasteiger partial charge in [0.05, 0.1) is 0 Å². The molecular formula is C38H50N10. The van der Waals surface area contributed by atoms with Gasteiger partial charge in [0.1, 0.15) is 35.7 Å². The van der Waals surface area contributed by atoms with Gasteiger partial charge in [0, 0.05) is 50.0 Å². The first-order valence-corrected chi connectivity index (χ1v) is 16.7. The third kappa shape index (κ3) is 15.1. The molecule has 2 aromatic rings. The zero-order valence-corrected chi connectivity index (χ0v) is 29.0. The summed E-state index contributed by atoms with van der Waals surface area (Å²) in [6.45, 7) is 13.0. The highest BCUT2D eigenvalue weighted by molar-refractivity contribution is 5.82. The first kappa shape index (κ1) is 40.4. The number of aliphatic imine (C=N–C) groups is 2. The van der Waals surface area contributed by atoms with E-state index in [0.29, 0.717) is 0 Å². The largest absolute Gasteiger partial charge is 0.388 e. The molecule has 0 radical (unpaired) electrons. The monoisotopic (exact) mass is 646 g/mol. The van der Waals surface area contributed by atoms with Crippen LogP contribution >= 0.6 is 0 Å². The summed E-state index contributed by atoms with van der Waals surface area (Å²) in [6, 6.07) is 23.2. The summed E-state index contributed by atoms with van der Waals surface area (Å²) in [4.78, 5) is 12.8. The molecule has 0 aromatic heterocycles. The summed E-state index contributed by atoms with van der Waals surface area (Å²) >= 11 is 0. The van der Waals surface area contributed by atoms with E-state index in [0.717, 1.165) is 37.3 Å². The van der Waals surface area contributed by atoms with Crippen molar-refractivity contribution in [3.05, 3.63) is 82.4 Å². The maximum absolute atomic E-state index is 8.93. The molecule has 0 heterocycles. The van der Waals surface area contributed by atoms with Crippen LogP contribution in [-0.2, 0) is 0 Å². The molecule has 2 aromatic carbocycles. The van der Waals surface area contributed by atoms with Gasteiger partial charge in [0.25, 0.3) is 0 Å². The Labute approximate surface area is 287 Å². The maximum Gasteiger partial charge on any atom is 0.174 e. The molecular weight excluding hydrogens is 596 g/mol. The molecule has 0 saturated heterocycles. The molecule has 10 heteroatoms. The predicted octanol–water partition coefficient (Wildman–Crippen LogP) is 7.46. The number of rotatable bonds is 18. The first-order chi connectivity index (χ1) is 23.3. The molecule has 0 spiro atoms. The molecule has 0 unspecified atom stereocenters. The Kier molecular flexibility index (Phi) is 20.7. The number of nitrogens with zero attached hydrogens (tertiary/aromatic N) is 8. The Morgan fingerprint density at radius 1 is 0.542 bits per heavy atom. The van der Waals surface area contributed by atoms with Gasteiger partial charge in [-0.15, -0.1) is 0 Å². The third-order valence-corrected chi connectivity index (χ3v) is 7.29.